The van der Waals surface area contributed by atoms with Crippen LogP contribution in [0.15, 0.2) is 60.7 Å². The highest BCUT2D eigenvalue weighted by Gasteiger charge is 2.52. The van der Waals surface area contributed by atoms with Crippen molar-refractivity contribution in [2.75, 3.05) is 19.5 Å². The van der Waals surface area contributed by atoms with Crippen molar-refractivity contribution in [1.29, 1.82) is 0 Å². The Morgan fingerprint density at radius 3 is 2.18 bits per heavy atom. The number of carbonyl (C=O) groups excluding carboxylic acids is 1. The molecule has 2 saturated heterocycles. The zero-order valence-electron chi connectivity index (χ0n) is 16.4. The third kappa shape index (κ3) is 4.06. The third-order valence-corrected chi connectivity index (χ3v) is 7.21. The maximum Gasteiger partial charge on any atom is 0.321 e. The Labute approximate surface area is 171 Å². The fourth-order valence-electron chi connectivity index (χ4n) is 4.39. The number of ether oxygens (including phenoxy) is 1. The summed E-state index contributed by atoms with van der Waals surface area (Å²) in [6.07, 6.45) is 2.14. The van der Waals surface area contributed by atoms with E-state index in [1.807, 2.05) is 36.0 Å². The summed E-state index contributed by atoms with van der Waals surface area (Å²) in [5.74, 6) is 1.02. The first kappa shape index (κ1) is 19.3. The van der Waals surface area contributed by atoms with Gasteiger partial charge in [0.05, 0.1) is 12.1 Å². The normalized spacial score (nSPS) is 24.0. The van der Waals surface area contributed by atoms with Gasteiger partial charge in [0.2, 0.25) is 0 Å². The number of amides is 2. The van der Waals surface area contributed by atoms with Crippen LogP contribution in [0.1, 0.15) is 24.0 Å². The Hall–Kier alpha value is -1.98. The molecular weight excluding hydrogens is 368 g/mol. The largest absolute Gasteiger partial charge is 0.385 e. The van der Waals surface area contributed by atoms with Crippen LogP contribution in [0.5, 0.6) is 0 Å². The number of urea groups is 1. The van der Waals surface area contributed by atoms with E-state index >= 15 is 0 Å². The third-order valence-electron chi connectivity index (χ3n) is 5.74. The van der Waals surface area contributed by atoms with Gasteiger partial charge in [0.1, 0.15) is 0 Å². The van der Waals surface area contributed by atoms with Crippen molar-refractivity contribution in [2.24, 2.45) is 0 Å². The summed E-state index contributed by atoms with van der Waals surface area (Å²) in [5.41, 5.74) is 2.40. The summed E-state index contributed by atoms with van der Waals surface area (Å²) in [6, 6.07) is 21.4. The van der Waals surface area contributed by atoms with Crippen LogP contribution < -0.4 is 0 Å². The molecule has 4 nitrogen and oxygen atoms in total. The Balaban J connectivity index is 1.56. The van der Waals surface area contributed by atoms with Crippen LogP contribution in [0, 0.1) is 0 Å². The van der Waals surface area contributed by atoms with E-state index in [0.29, 0.717) is 18.3 Å². The Morgan fingerprint density at radius 1 is 0.964 bits per heavy atom. The number of thioether (sulfide) groups is 1. The predicted molar refractivity (Wildman–Crippen MR) is 114 cm³/mol. The fraction of sp³-hybridized carbons (Fsp3) is 0.435. The molecule has 0 saturated carbocycles. The van der Waals surface area contributed by atoms with Crippen LogP contribution in [0.3, 0.4) is 0 Å². The monoisotopic (exact) mass is 396 g/mol. The van der Waals surface area contributed by atoms with Gasteiger partial charge in [-0.3, -0.25) is 0 Å². The molecule has 0 bridgehead atoms. The molecule has 2 unspecified atom stereocenters. The first-order valence-electron chi connectivity index (χ1n) is 10.0. The van der Waals surface area contributed by atoms with Gasteiger partial charge in [0.15, 0.2) is 0 Å². The van der Waals surface area contributed by atoms with Gasteiger partial charge in [-0.2, -0.15) is 11.8 Å². The first-order chi connectivity index (χ1) is 13.8. The summed E-state index contributed by atoms with van der Waals surface area (Å²) in [6.45, 7) is 2.17. The quantitative estimate of drug-likeness (QED) is 0.490. The molecule has 2 amide bonds. The lowest BCUT2D eigenvalue weighted by Gasteiger charge is -2.27. The Bertz CT molecular complexity index is 771. The number of nitrogens with zero attached hydrogens (tertiary/aromatic N) is 2. The summed E-state index contributed by atoms with van der Waals surface area (Å²) >= 11 is 2.02. The van der Waals surface area contributed by atoms with E-state index in [2.05, 4.69) is 46.2 Å². The molecule has 2 fully saturated rings. The van der Waals surface area contributed by atoms with Gasteiger partial charge >= 0.3 is 6.03 Å². The average Bonchev–Trinajstić information content (AvgIpc) is 3.24. The Morgan fingerprint density at radius 2 is 1.57 bits per heavy atom. The lowest BCUT2D eigenvalue weighted by molar-refractivity contribution is 0.177. The smallest absolute Gasteiger partial charge is 0.321 e. The van der Waals surface area contributed by atoms with Gasteiger partial charge in [-0.05, 0) is 24.0 Å². The van der Waals surface area contributed by atoms with Gasteiger partial charge in [-0.1, -0.05) is 60.7 Å². The highest BCUT2D eigenvalue weighted by molar-refractivity contribution is 8.00. The molecule has 0 aromatic heterocycles. The van der Waals surface area contributed by atoms with Gasteiger partial charge in [-0.15, -0.1) is 0 Å². The lowest BCUT2D eigenvalue weighted by atomic mass is 10.0. The highest BCUT2D eigenvalue weighted by Crippen LogP contribution is 2.42. The van der Waals surface area contributed by atoms with Gasteiger partial charge < -0.3 is 14.5 Å². The van der Waals surface area contributed by atoms with E-state index < -0.39 is 0 Å². The molecule has 3 atom stereocenters. The number of fused-ring (bicyclic) bond motifs is 1. The summed E-state index contributed by atoms with van der Waals surface area (Å²) < 4.78 is 5.26. The van der Waals surface area contributed by atoms with Crippen LogP contribution in [-0.4, -0.2) is 52.6 Å². The predicted octanol–water partition coefficient (Wildman–Crippen LogP) is 4.40. The van der Waals surface area contributed by atoms with Crippen molar-refractivity contribution >= 4 is 17.8 Å². The van der Waals surface area contributed by atoms with Crippen molar-refractivity contribution in [3.63, 3.8) is 0 Å². The molecule has 4 rings (SSSR count). The number of hydrogen-bond acceptors (Lipinski definition) is 3. The number of rotatable bonds is 8. The maximum atomic E-state index is 13.4. The molecule has 28 heavy (non-hydrogen) atoms. The highest BCUT2D eigenvalue weighted by atomic mass is 32.2. The van der Waals surface area contributed by atoms with Gasteiger partial charge in [0, 0.05) is 37.8 Å². The SMILES string of the molecule is COCCC[C@@H]1SCC2C1N(Cc1ccccc1)C(=O)N2Cc1ccccc1. The van der Waals surface area contributed by atoms with Crippen molar-refractivity contribution < 1.29 is 9.53 Å². The van der Waals surface area contributed by atoms with Crippen molar-refractivity contribution in [2.45, 2.75) is 43.3 Å². The van der Waals surface area contributed by atoms with Crippen molar-refractivity contribution in [1.82, 2.24) is 9.80 Å². The van der Waals surface area contributed by atoms with Gasteiger partial charge in [-0.25, -0.2) is 4.79 Å². The van der Waals surface area contributed by atoms with Crippen LogP contribution in [0.4, 0.5) is 4.79 Å². The molecule has 2 aliphatic heterocycles. The minimum absolute atomic E-state index is 0.180. The molecule has 148 valence electrons. The second-order valence-electron chi connectivity index (χ2n) is 7.57. The molecule has 2 aromatic carbocycles. The molecular formula is C23H28N2O2S. The molecule has 5 heteroatoms. The Kier molecular flexibility index (Phi) is 6.23. The average molecular weight is 397 g/mol. The lowest BCUT2D eigenvalue weighted by Crippen LogP contribution is -2.40. The topological polar surface area (TPSA) is 32.8 Å². The fourth-order valence-corrected chi connectivity index (χ4v) is 6.07. The summed E-state index contributed by atoms with van der Waals surface area (Å²) in [7, 11) is 1.76. The first-order valence-corrected chi connectivity index (χ1v) is 11.1. The minimum atomic E-state index is 0.180. The molecule has 0 radical (unpaired) electrons. The van der Waals surface area contributed by atoms with E-state index in [9.17, 15) is 4.79 Å². The summed E-state index contributed by atoms with van der Waals surface area (Å²) in [4.78, 5) is 17.7. The zero-order chi connectivity index (χ0) is 19.3. The molecule has 0 N–H and O–H groups in total. The maximum absolute atomic E-state index is 13.4. The van der Waals surface area contributed by atoms with Crippen LogP contribution in [0.25, 0.3) is 0 Å². The van der Waals surface area contributed by atoms with E-state index in [0.717, 1.165) is 25.2 Å². The minimum Gasteiger partial charge on any atom is -0.385 e. The van der Waals surface area contributed by atoms with E-state index in [4.69, 9.17) is 4.74 Å². The second-order valence-corrected chi connectivity index (χ2v) is 8.85. The number of benzene rings is 2. The van der Waals surface area contributed by atoms with Crippen LogP contribution >= 0.6 is 11.8 Å². The second kappa shape index (κ2) is 9.01. The molecule has 2 aliphatic rings. The number of hydrogen-bond donors (Lipinski definition) is 0. The molecule has 0 spiro atoms. The van der Waals surface area contributed by atoms with E-state index in [1.165, 1.54) is 11.1 Å². The standard InChI is InChI=1S/C23H28N2O2S/c1-27-14-8-13-21-22-20(17-28-21)24(15-18-9-4-2-5-10-18)23(26)25(22)16-19-11-6-3-7-12-19/h2-7,9-12,20-22H,8,13-17H2,1H3/t20?,21-,22?/m0/s1. The summed E-state index contributed by atoms with van der Waals surface area (Å²) in [5, 5.41) is 0.480. The van der Waals surface area contributed by atoms with Gasteiger partial charge in [0.25, 0.3) is 0 Å². The number of methoxy groups -OCH3 is 1. The van der Waals surface area contributed by atoms with Crippen molar-refractivity contribution in [3.05, 3.63) is 71.8 Å². The van der Waals surface area contributed by atoms with E-state index in [-0.39, 0.29) is 18.1 Å². The number of carbonyl (C=O) groups is 1. The molecule has 0 aliphatic carbocycles. The molecule has 2 heterocycles. The van der Waals surface area contributed by atoms with E-state index in [1.54, 1.807) is 7.11 Å². The van der Waals surface area contributed by atoms with Crippen molar-refractivity contribution in [3.8, 4) is 0 Å². The zero-order valence-corrected chi connectivity index (χ0v) is 17.2. The molecule has 2 aromatic rings. The van der Waals surface area contributed by atoms with Crippen LogP contribution in [-0.2, 0) is 17.8 Å². The van der Waals surface area contributed by atoms with Crippen LogP contribution in [0.2, 0.25) is 0 Å².